The van der Waals surface area contributed by atoms with Crippen molar-refractivity contribution in [1.29, 1.82) is 5.41 Å². The predicted molar refractivity (Wildman–Crippen MR) is 123 cm³/mol. The number of amides is 2. The highest BCUT2D eigenvalue weighted by molar-refractivity contribution is 7.80. The zero-order valence-electron chi connectivity index (χ0n) is 18.1. The third kappa shape index (κ3) is 6.63. The molecule has 0 radical (unpaired) electrons. The lowest BCUT2D eigenvalue weighted by atomic mass is 10.00. The first-order valence-electron chi connectivity index (χ1n) is 9.76. The van der Waals surface area contributed by atoms with Crippen LogP contribution < -0.4 is 21.5 Å². The van der Waals surface area contributed by atoms with Gasteiger partial charge in [-0.25, -0.2) is 4.98 Å². The fourth-order valence-corrected chi connectivity index (χ4v) is 3.79. The second-order valence-corrected chi connectivity index (χ2v) is 8.88. The van der Waals surface area contributed by atoms with Crippen molar-refractivity contribution in [3.63, 3.8) is 0 Å². The van der Waals surface area contributed by atoms with Crippen molar-refractivity contribution in [2.24, 2.45) is 10.9 Å². The van der Waals surface area contributed by atoms with Crippen molar-refractivity contribution in [1.82, 2.24) is 15.4 Å². The Morgan fingerprint density at radius 2 is 2.03 bits per heavy atom. The van der Waals surface area contributed by atoms with Crippen LogP contribution in [0.3, 0.4) is 0 Å². The van der Waals surface area contributed by atoms with Gasteiger partial charge in [0, 0.05) is 10.9 Å². The maximum Gasteiger partial charge on any atom is 0.418 e. The maximum absolute atomic E-state index is 12.8. The van der Waals surface area contributed by atoms with Gasteiger partial charge in [-0.1, -0.05) is 5.16 Å². The smallest absolute Gasteiger partial charge is 0.418 e. The number of thiazole rings is 1. The molecule has 0 saturated carbocycles. The van der Waals surface area contributed by atoms with Crippen molar-refractivity contribution < 1.29 is 36.4 Å². The van der Waals surface area contributed by atoms with Crippen LogP contribution in [-0.4, -0.2) is 71.7 Å². The number of rotatable bonds is 11. The van der Waals surface area contributed by atoms with Crippen LogP contribution in [0.25, 0.3) is 0 Å². The molecule has 0 spiro atoms. The zero-order valence-corrected chi connectivity index (χ0v) is 19.7. The molecule has 1 fully saturated rings. The fraction of sp³-hybridized carbons (Fsp3) is 0.278. The maximum atomic E-state index is 12.8. The molecular formula is C18H21N7O8S2. The normalized spacial score (nSPS) is 18.1. The molecule has 17 heteroatoms. The number of aromatic nitrogens is 1. The van der Waals surface area contributed by atoms with E-state index in [1.54, 1.807) is 24.3 Å². The minimum atomic E-state index is -4.90. The SMILES string of the molecule is CC1C(NC(=O)C(=NOCCOc2ccc(C(=N)N)cc2)c2csc(N)n2)C(=O)N1OS(=O)(=O)O. The largest absolute Gasteiger partial charge is 0.490 e. The van der Waals surface area contributed by atoms with Gasteiger partial charge in [0.1, 0.15) is 29.9 Å². The Kier molecular flexibility index (Phi) is 7.85. The Hall–Kier alpha value is -3.80. The number of β-lactam (4-membered cyclic amide) rings is 1. The molecule has 15 nitrogen and oxygen atoms in total. The summed E-state index contributed by atoms with van der Waals surface area (Å²) in [4.78, 5) is 34.1. The predicted octanol–water partition coefficient (Wildman–Crippen LogP) is -0.741. The summed E-state index contributed by atoms with van der Waals surface area (Å²) in [5.74, 6) is -1.31. The number of carbonyl (C=O) groups is 2. The highest BCUT2D eigenvalue weighted by atomic mass is 32.3. The first kappa shape index (κ1) is 25.8. The van der Waals surface area contributed by atoms with Crippen LogP contribution in [-0.2, 0) is 29.1 Å². The Balaban J connectivity index is 1.60. The van der Waals surface area contributed by atoms with E-state index in [2.05, 4.69) is 19.7 Å². The number of hydrogen-bond donors (Lipinski definition) is 5. The number of nitrogens with one attached hydrogen (secondary N) is 2. The van der Waals surface area contributed by atoms with Crippen molar-refractivity contribution in [2.75, 3.05) is 18.9 Å². The topological polar surface area (TPSA) is 233 Å². The van der Waals surface area contributed by atoms with Gasteiger partial charge in [-0.3, -0.25) is 19.6 Å². The summed E-state index contributed by atoms with van der Waals surface area (Å²) in [7, 11) is -4.90. The van der Waals surface area contributed by atoms with E-state index in [-0.39, 0.29) is 35.6 Å². The Morgan fingerprint density at radius 3 is 2.57 bits per heavy atom. The van der Waals surface area contributed by atoms with Crippen molar-refractivity contribution >= 4 is 50.2 Å². The Bertz CT molecular complexity index is 1250. The molecule has 3 rings (SSSR count). The average molecular weight is 528 g/mol. The van der Waals surface area contributed by atoms with Gasteiger partial charge in [-0.2, -0.15) is 13.5 Å². The Morgan fingerprint density at radius 1 is 1.34 bits per heavy atom. The van der Waals surface area contributed by atoms with Gasteiger partial charge in [0.15, 0.2) is 17.5 Å². The van der Waals surface area contributed by atoms with Crippen molar-refractivity contribution in [3.05, 3.63) is 40.9 Å². The van der Waals surface area contributed by atoms with E-state index in [1.807, 2.05) is 0 Å². The van der Waals surface area contributed by atoms with Crippen LogP contribution >= 0.6 is 11.3 Å². The number of benzene rings is 1. The lowest BCUT2D eigenvalue weighted by Crippen LogP contribution is -2.70. The van der Waals surface area contributed by atoms with Crippen molar-refractivity contribution in [3.8, 4) is 5.75 Å². The standard InChI is InChI=1S/C18H21N7O8S2/c1-9-13(17(27)25(9)33-35(28,29)30)23-16(26)14(12-8-34-18(21)22-12)24-32-7-6-31-11-4-2-10(3-5-11)15(19)20/h2-5,8-9,13H,6-7H2,1H3,(H3,19,20)(H2,21,22)(H,23,26)(H,28,29,30). The summed E-state index contributed by atoms with van der Waals surface area (Å²) < 4.78 is 40.0. The van der Waals surface area contributed by atoms with Gasteiger partial charge in [0.05, 0.1) is 6.04 Å². The molecule has 2 atom stereocenters. The summed E-state index contributed by atoms with van der Waals surface area (Å²) in [5, 5.41) is 15.6. The van der Waals surface area contributed by atoms with E-state index >= 15 is 0 Å². The molecule has 7 N–H and O–H groups in total. The van der Waals surface area contributed by atoms with Crippen LogP contribution in [0.15, 0.2) is 34.8 Å². The number of hydrogen-bond acceptors (Lipinski definition) is 12. The molecule has 2 amide bonds. The molecule has 2 aromatic rings. The van der Waals surface area contributed by atoms with Crippen LogP contribution in [0, 0.1) is 5.41 Å². The Labute approximate surface area is 203 Å². The molecule has 0 bridgehead atoms. The fourth-order valence-electron chi connectivity index (χ4n) is 2.83. The van der Waals surface area contributed by atoms with Crippen LogP contribution in [0.5, 0.6) is 5.75 Å². The van der Waals surface area contributed by atoms with Crippen LogP contribution in [0.2, 0.25) is 0 Å². The molecule has 1 saturated heterocycles. The second kappa shape index (κ2) is 10.6. The van der Waals surface area contributed by atoms with E-state index in [0.717, 1.165) is 11.3 Å². The number of anilines is 1. The van der Waals surface area contributed by atoms with Gasteiger partial charge >= 0.3 is 10.4 Å². The van der Waals surface area contributed by atoms with Gasteiger partial charge in [-0.15, -0.1) is 15.6 Å². The van der Waals surface area contributed by atoms with Gasteiger partial charge in [-0.05, 0) is 31.2 Å². The summed E-state index contributed by atoms with van der Waals surface area (Å²) in [5.41, 5.74) is 11.4. The van der Waals surface area contributed by atoms with Crippen LogP contribution in [0.4, 0.5) is 5.13 Å². The number of carbonyl (C=O) groups excluding carboxylic acids is 2. The number of nitrogen functional groups attached to an aromatic ring is 2. The molecule has 2 heterocycles. The number of amidine groups is 1. The summed E-state index contributed by atoms with van der Waals surface area (Å²) in [6.45, 7) is 1.41. The number of ether oxygens (including phenoxy) is 1. The number of hydroxylamine groups is 2. The second-order valence-electron chi connectivity index (χ2n) is 6.99. The van der Waals surface area contributed by atoms with E-state index in [1.165, 1.54) is 12.3 Å². The molecule has 1 aromatic carbocycles. The highest BCUT2D eigenvalue weighted by Crippen LogP contribution is 2.22. The van der Waals surface area contributed by atoms with E-state index in [9.17, 15) is 18.0 Å². The first-order valence-corrected chi connectivity index (χ1v) is 12.0. The van der Waals surface area contributed by atoms with E-state index in [4.69, 9.17) is 31.0 Å². The van der Waals surface area contributed by atoms with Crippen molar-refractivity contribution in [2.45, 2.75) is 19.0 Å². The monoisotopic (exact) mass is 527 g/mol. The third-order valence-electron chi connectivity index (χ3n) is 4.54. The first-order chi connectivity index (χ1) is 16.5. The van der Waals surface area contributed by atoms with Gasteiger partial charge < -0.3 is 26.4 Å². The van der Waals surface area contributed by atoms with E-state index in [0.29, 0.717) is 16.4 Å². The highest BCUT2D eigenvalue weighted by Gasteiger charge is 2.49. The van der Waals surface area contributed by atoms with Gasteiger partial charge in [0.2, 0.25) is 0 Å². The minimum absolute atomic E-state index is 0.0560. The van der Waals surface area contributed by atoms with Crippen LogP contribution in [0.1, 0.15) is 18.2 Å². The molecule has 35 heavy (non-hydrogen) atoms. The number of nitrogens with two attached hydrogens (primary N) is 2. The lowest BCUT2D eigenvalue weighted by Gasteiger charge is -2.42. The average Bonchev–Trinajstić information content (AvgIpc) is 3.23. The lowest BCUT2D eigenvalue weighted by molar-refractivity contribution is -0.196. The minimum Gasteiger partial charge on any atom is -0.490 e. The summed E-state index contributed by atoms with van der Waals surface area (Å²) >= 11 is 1.05. The zero-order chi connectivity index (χ0) is 25.8. The van der Waals surface area contributed by atoms with E-state index < -0.39 is 34.3 Å². The third-order valence-corrected chi connectivity index (χ3v) is 5.56. The molecule has 188 valence electrons. The summed E-state index contributed by atoms with van der Waals surface area (Å²) in [6, 6.07) is 4.45. The molecule has 0 aliphatic carbocycles. The molecule has 1 aromatic heterocycles. The number of oxime groups is 1. The number of nitrogens with zero attached hydrogens (tertiary/aromatic N) is 3. The molecular weight excluding hydrogens is 506 g/mol. The quantitative estimate of drug-likeness (QED) is 0.0609. The van der Waals surface area contributed by atoms with Gasteiger partial charge in [0.25, 0.3) is 11.8 Å². The molecule has 1 aliphatic rings. The molecule has 1 aliphatic heterocycles. The summed E-state index contributed by atoms with van der Waals surface area (Å²) in [6.07, 6.45) is 0. The molecule has 2 unspecified atom stereocenters.